The summed E-state index contributed by atoms with van der Waals surface area (Å²) in [5, 5.41) is 6.31. The van der Waals surface area contributed by atoms with E-state index < -0.39 is 6.61 Å². The summed E-state index contributed by atoms with van der Waals surface area (Å²) in [4.78, 5) is 6.30. The zero-order valence-corrected chi connectivity index (χ0v) is 20.4. The fraction of sp³-hybridized carbons (Fsp3) is 0.409. The fourth-order valence-electron chi connectivity index (χ4n) is 2.72. The summed E-state index contributed by atoms with van der Waals surface area (Å²) in [6, 6.07) is 14.6. The van der Waals surface area contributed by atoms with Crippen molar-refractivity contribution in [1.82, 2.24) is 15.5 Å². The lowest BCUT2D eigenvalue weighted by molar-refractivity contribution is -0.0504. The first-order valence-electron chi connectivity index (χ1n) is 9.81. The third-order valence-corrected chi connectivity index (χ3v) is 4.26. The van der Waals surface area contributed by atoms with Gasteiger partial charge < -0.3 is 25.0 Å². The maximum atomic E-state index is 12.5. The highest BCUT2D eigenvalue weighted by Crippen LogP contribution is 2.20. The Morgan fingerprint density at radius 2 is 1.71 bits per heavy atom. The average molecular weight is 548 g/mol. The normalized spacial score (nSPS) is 11.3. The number of guanidine groups is 1. The number of hydrogen-bond acceptors (Lipinski definition) is 4. The Hall–Kier alpha value is -2.14. The van der Waals surface area contributed by atoms with Crippen LogP contribution in [0.4, 0.5) is 8.78 Å². The fourth-order valence-corrected chi connectivity index (χ4v) is 2.72. The number of nitrogens with one attached hydrogen (secondary N) is 2. The Kier molecular flexibility index (Phi) is 12.8. The third-order valence-electron chi connectivity index (χ3n) is 4.26. The second kappa shape index (κ2) is 14.8. The smallest absolute Gasteiger partial charge is 0.387 e. The summed E-state index contributed by atoms with van der Waals surface area (Å²) in [7, 11) is 5.74. The molecule has 31 heavy (non-hydrogen) atoms. The Morgan fingerprint density at radius 1 is 1.03 bits per heavy atom. The van der Waals surface area contributed by atoms with Crippen molar-refractivity contribution in [1.29, 1.82) is 0 Å². The van der Waals surface area contributed by atoms with Crippen LogP contribution in [0.25, 0.3) is 0 Å². The van der Waals surface area contributed by atoms with Crippen molar-refractivity contribution in [2.24, 2.45) is 4.99 Å². The van der Waals surface area contributed by atoms with E-state index in [0.29, 0.717) is 31.2 Å². The zero-order chi connectivity index (χ0) is 21.8. The van der Waals surface area contributed by atoms with E-state index in [1.807, 2.05) is 38.4 Å². The van der Waals surface area contributed by atoms with Gasteiger partial charge in [-0.1, -0.05) is 30.3 Å². The molecule has 0 saturated carbocycles. The van der Waals surface area contributed by atoms with Crippen molar-refractivity contribution in [2.75, 3.05) is 34.3 Å². The number of alkyl halides is 2. The molecule has 9 heteroatoms. The molecule has 172 valence electrons. The van der Waals surface area contributed by atoms with Crippen LogP contribution in [-0.2, 0) is 13.1 Å². The molecule has 2 aromatic carbocycles. The maximum Gasteiger partial charge on any atom is 0.387 e. The van der Waals surface area contributed by atoms with Gasteiger partial charge in [0.25, 0.3) is 0 Å². The topological polar surface area (TPSA) is 58.1 Å². The second-order valence-electron chi connectivity index (χ2n) is 6.91. The highest BCUT2D eigenvalue weighted by molar-refractivity contribution is 14.0. The number of aliphatic imine (C=N–C) groups is 1. The van der Waals surface area contributed by atoms with Gasteiger partial charge in [0.1, 0.15) is 11.5 Å². The summed E-state index contributed by atoms with van der Waals surface area (Å²) in [6.07, 6.45) is 0.976. The molecule has 2 N–H and O–H groups in total. The first-order chi connectivity index (χ1) is 14.5. The molecule has 0 amide bonds. The van der Waals surface area contributed by atoms with Gasteiger partial charge in [-0.2, -0.15) is 8.78 Å². The van der Waals surface area contributed by atoms with E-state index in [4.69, 9.17) is 4.74 Å². The van der Waals surface area contributed by atoms with Gasteiger partial charge in [-0.25, -0.2) is 0 Å². The lowest BCUT2D eigenvalue weighted by Gasteiger charge is -2.15. The van der Waals surface area contributed by atoms with Gasteiger partial charge in [0.05, 0.1) is 6.61 Å². The van der Waals surface area contributed by atoms with Gasteiger partial charge in [0.15, 0.2) is 5.96 Å². The number of hydrogen-bond donors (Lipinski definition) is 2. The monoisotopic (exact) mass is 548 g/mol. The summed E-state index contributed by atoms with van der Waals surface area (Å²) in [6.45, 7) is -0.308. The quantitative estimate of drug-likeness (QED) is 0.192. The van der Waals surface area contributed by atoms with Crippen molar-refractivity contribution < 1.29 is 18.3 Å². The lowest BCUT2D eigenvalue weighted by Crippen LogP contribution is -2.36. The van der Waals surface area contributed by atoms with Crippen LogP contribution in [0.3, 0.4) is 0 Å². The predicted octanol–water partition coefficient (Wildman–Crippen LogP) is 4.10. The van der Waals surface area contributed by atoms with Crippen LogP contribution in [0.1, 0.15) is 17.5 Å². The molecule has 0 aliphatic rings. The number of rotatable bonds is 11. The van der Waals surface area contributed by atoms with Gasteiger partial charge in [-0.3, -0.25) is 4.99 Å². The molecule has 0 atom stereocenters. The largest absolute Gasteiger partial charge is 0.494 e. The van der Waals surface area contributed by atoms with E-state index in [0.717, 1.165) is 24.3 Å². The molecule has 2 rings (SSSR count). The van der Waals surface area contributed by atoms with Crippen molar-refractivity contribution in [3.63, 3.8) is 0 Å². The van der Waals surface area contributed by atoms with E-state index in [9.17, 15) is 8.78 Å². The molecular weight excluding hydrogens is 517 g/mol. The lowest BCUT2D eigenvalue weighted by atomic mass is 10.2. The molecule has 0 aromatic heterocycles. The minimum Gasteiger partial charge on any atom is -0.494 e. The molecule has 0 radical (unpaired) electrons. The molecule has 6 nitrogen and oxygen atoms in total. The van der Waals surface area contributed by atoms with Crippen molar-refractivity contribution >= 4 is 29.9 Å². The van der Waals surface area contributed by atoms with Crippen LogP contribution < -0.4 is 20.1 Å². The van der Waals surface area contributed by atoms with E-state index in [2.05, 4.69) is 25.3 Å². The van der Waals surface area contributed by atoms with E-state index in [1.165, 1.54) is 6.07 Å². The minimum absolute atomic E-state index is 0. The van der Waals surface area contributed by atoms with Crippen molar-refractivity contribution in [3.05, 3.63) is 59.7 Å². The van der Waals surface area contributed by atoms with Crippen LogP contribution in [0.5, 0.6) is 11.5 Å². The Morgan fingerprint density at radius 3 is 2.35 bits per heavy atom. The van der Waals surface area contributed by atoms with Gasteiger partial charge >= 0.3 is 6.61 Å². The highest BCUT2D eigenvalue weighted by atomic mass is 127. The van der Waals surface area contributed by atoms with Gasteiger partial charge in [-0.15, -0.1) is 24.0 Å². The van der Waals surface area contributed by atoms with Crippen molar-refractivity contribution in [2.45, 2.75) is 26.1 Å². The maximum absolute atomic E-state index is 12.5. The van der Waals surface area contributed by atoms with Crippen LogP contribution in [0.2, 0.25) is 0 Å². The standard InChI is InChI=1S/C22H30F2N4O2.HI/c1-25-22(27-16-18-7-4-5-8-20(18)30-21(23)24)26-15-17-9-11-19(12-10-17)29-14-6-13-28(2)3;/h4-5,7-12,21H,6,13-16H2,1-3H3,(H2,25,26,27);1H. The first-order valence-corrected chi connectivity index (χ1v) is 9.81. The molecule has 2 aromatic rings. The summed E-state index contributed by atoms with van der Waals surface area (Å²) < 4.78 is 35.3. The number of para-hydroxylation sites is 1. The molecule has 0 aliphatic carbocycles. The number of ether oxygens (including phenoxy) is 2. The first kappa shape index (κ1) is 26.9. The van der Waals surface area contributed by atoms with Gasteiger partial charge in [-0.05, 0) is 44.3 Å². The number of benzene rings is 2. The molecule has 0 saturated heterocycles. The van der Waals surface area contributed by atoms with Crippen LogP contribution in [-0.4, -0.2) is 51.8 Å². The van der Waals surface area contributed by atoms with E-state index in [-0.39, 0.29) is 29.7 Å². The summed E-state index contributed by atoms with van der Waals surface area (Å²) >= 11 is 0. The number of nitrogens with zero attached hydrogens (tertiary/aromatic N) is 2. The van der Waals surface area contributed by atoms with E-state index >= 15 is 0 Å². The van der Waals surface area contributed by atoms with Gasteiger partial charge in [0.2, 0.25) is 0 Å². The third kappa shape index (κ3) is 10.6. The molecule has 0 heterocycles. The minimum atomic E-state index is -2.86. The van der Waals surface area contributed by atoms with Crippen LogP contribution in [0.15, 0.2) is 53.5 Å². The molecule has 0 unspecified atom stereocenters. The molecule has 0 spiro atoms. The predicted molar refractivity (Wildman–Crippen MR) is 131 cm³/mol. The molecule has 0 bridgehead atoms. The van der Waals surface area contributed by atoms with Crippen LogP contribution in [0, 0.1) is 0 Å². The summed E-state index contributed by atoms with van der Waals surface area (Å²) in [5.74, 6) is 1.55. The molecule has 0 fully saturated rings. The SMILES string of the molecule is CN=C(NCc1ccc(OCCCN(C)C)cc1)NCc1ccccc1OC(F)F.I. The second-order valence-corrected chi connectivity index (χ2v) is 6.91. The van der Waals surface area contributed by atoms with E-state index in [1.54, 1.807) is 25.2 Å². The molecular formula is C22H31F2IN4O2. The average Bonchev–Trinajstić information content (AvgIpc) is 2.73. The highest BCUT2D eigenvalue weighted by Gasteiger charge is 2.09. The molecule has 0 aliphatic heterocycles. The Balaban J connectivity index is 0.00000480. The van der Waals surface area contributed by atoms with Gasteiger partial charge in [0, 0.05) is 32.2 Å². The Labute approximate surface area is 200 Å². The Bertz CT molecular complexity index is 789. The zero-order valence-electron chi connectivity index (χ0n) is 18.1. The number of halogens is 3. The summed E-state index contributed by atoms with van der Waals surface area (Å²) in [5.41, 5.74) is 1.69. The van der Waals surface area contributed by atoms with Crippen LogP contribution >= 0.6 is 24.0 Å². The van der Waals surface area contributed by atoms with Crippen molar-refractivity contribution in [3.8, 4) is 11.5 Å².